The van der Waals surface area contributed by atoms with Crippen LogP contribution in [0.2, 0.25) is 0 Å². The normalized spacial score (nSPS) is 14.2. The molecule has 22 heavy (non-hydrogen) atoms. The van der Waals surface area contributed by atoms with E-state index in [2.05, 4.69) is 0 Å². The molecule has 9 heteroatoms. The van der Waals surface area contributed by atoms with Crippen LogP contribution >= 0.6 is 0 Å². The Morgan fingerprint density at radius 3 is 1.64 bits per heavy atom. The van der Waals surface area contributed by atoms with Gasteiger partial charge >= 0.3 is 23.9 Å². The number of hydrogen-bond acceptors (Lipinski definition) is 9. The first-order valence-corrected chi connectivity index (χ1v) is 6.35. The van der Waals surface area contributed by atoms with Crippen LogP contribution in [0, 0.1) is 0 Å². The molecule has 0 N–H and O–H groups in total. The molecular formula is C13H20O9. The largest absolute Gasteiger partial charge is 0.462 e. The molecule has 126 valence electrons. The molecule has 0 rings (SSSR count). The Kier molecular flexibility index (Phi) is 8.76. The van der Waals surface area contributed by atoms with Crippen LogP contribution in [0.4, 0.5) is 0 Å². The molecule has 0 fully saturated rings. The predicted octanol–water partition coefficient (Wildman–Crippen LogP) is -0.0515. The van der Waals surface area contributed by atoms with Gasteiger partial charge in [-0.25, -0.2) is 0 Å². The zero-order chi connectivity index (χ0) is 17.3. The third-order valence-corrected chi connectivity index (χ3v) is 2.22. The van der Waals surface area contributed by atoms with Gasteiger partial charge in [0, 0.05) is 34.8 Å². The fourth-order valence-corrected chi connectivity index (χ4v) is 1.52. The van der Waals surface area contributed by atoms with E-state index in [1.54, 1.807) is 0 Å². The van der Waals surface area contributed by atoms with Crippen molar-refractivity contribution in [3.8, 4) is 0 Å². The van der Waals surface area contributed by atoms with Gasteiger partial charge in [-0.1, -0.05) is 0 Å². The minimum atomic E-state index is -1.33. The van der Waals surface area contributed by atoms with Crippen molar-refractivity contribution in [3.63, 3.8) is 0 Å². The summed E-state index contributed by atoms with van der Waals surface area (Å²) in [7, 11) is 1.21. The number of rotatable bonds is 8. The third-order valence-electron chi connectivity index (χ3n) is 2.22. The minimum absolute atomic E-state index is 0.395. The van der Waals surface area contributed by atoms with Crippen LogP contribution in [0.25, 0.3) is 0 Å². The third kappa shape index (κ3) is 8.20. The fraction of sp³-hybridized carbons (Fsp3) is 0.692. The maximum absolute atomic E-state index is 11.2. The molecule has 3 unspecified atom stereocenters. The molecule has 0 amide bonds. The number of hydrogen-bond donors (Lipinski definition) is 0. The summed E-state index contributed by atoms with van der Waals surface area (Å²) >= 11 is 0. The van der Waals surface area contributed by atoms with Crippen LogP contribution in [0.3, 0.4) is 0 Å². The summed E-state index contributed by atoms with van der Waals surface area (Å²) < 4.78 is 24.5. The average molecular weight is 320 g/mol. The summed E-state index contributed by atoms with van der Waals surface area (Å²) in [4.78, 5) is 44.4. The van der Waals surface area contributed by atoms with Crippen LogP contribution in [0.5, 0.6) is 0 Å². The quantitative estimate of drug-likeness (QED) is 0.345. The lowest BCUT2D eigenvalue weighted by atomic mass is 10.2. The van der Waals surface area contributed by atoms with Gasteiger partial charge in [-0.15, -0.1) is 0 Å². The second-order valence-corrected chi connectivity index (χ2v) is 4.24. The highest BCUT2D eigenvalue weighted by atomic mass is 16.7. The molecule has 0 spiro atoms. The van der Waals surface area contributed by atoms with E-state index in [9.17, 15) is 19.2 Å². The van der Waals surface area contributed by atoms with E-state index in [1.165, 1.54) is 7.11 Å². The van der Waals surface area contributed by atoms with Crippen molar-refractivity contribution in [1.82, 2.24) is 0 Å². The molecule has 3 atom stereocenters. The van der Waals surface area contributed by atoms with Crippen molar-refractivity contribution < 1.29 is 42.9 Å². The first-order chi connectivity index (χ1) is 10.2. The molecular weight excluding hydrogens is 300 g/mol. The monoisotopic (exact) mass is 320 g/mol. The molecule has 9 nitrogen and oxygen atoms in total. The zero-order valence-electron chi connectivity index (χ0n) is 13.1. The Morgan fingerprint density at radius 2 is 1.27 bits per heavy atom. The number of ether oxygens (including phenoxy) is 5. The van der Waals surface area contributed by atoms with Crippen LogP contribution in [-0.2, 0) is 42.9 Å². The minimum Gasteiger partial charge on any atom is -0.462 e. The Hall–Kier alpha value is -2.16. The molecule has 0 bridgehead atoms. The molecule has 0 aromatic heterocycles. The van der Waals surface area contributed by atoms with Crippen LogP contribution in [0.1, 0.15) is 27.7 Å². The second-order valence-electron chi connectivity index (χ2n) is 4.24. The average Bonchev–Trinajstić information content (AvgIpc) is 2.37. The van der Waals surface area contributed by atoms with Gasteiger partial charge < -0.3 is 23.7 Å². The predicted molar refractivity (Wildman–Crippen MR) is 70.3 cm³/mol. The van der Waals surface area contributed by atoms with Crippen molar-refractivity contribution >= 4 is 23.9 Å². The lowest BCUT2D eigenvalue weighted by Crippen LogP contribution is -2.48. The summed E-state index contributed by atoms with van der Waals surface area (Å²) in [5.74, 6) is -2.75. The van der Waals surface area contributed by atoms with E-state index in [-0.39, 0.29) is 0 Å². The maximum atomic E-state index is 11.2. The summed E-state index contributed by atoms with van der Waals surface area (Å²) in [6.45, 7) is 4.13. The van der Waals surface area contributed by atoms with E-state index in [0.29, 0.717) is 0 Å². The van der Waals surface area contributed by atoms with Gasteiger partial charge in [0.05, 0.1) is 0 Å². The molecule has 0 heterocycles. The Morgan fingerprint density at radius 1 is 0.773 bits per heavy atom. The van der Waals surface area contributed by atoms with Crippen molar-refractivity contribution in [2.45, 2.75) is 46.2 Å². The van der Waals surface area contributed by atoms with Gasteiger partial charge in [-0.3, -0.25) is 19.2 Å². The Labute approximate surface area is 127 Å². The lowest BCUT2D eigenvalue weighted by molar-refractivity contribution is -0.226. The molecule has 0 aromatic carbocycles. The highest BCUT2D eigenvalue weighted by Gasteiger charge is 2.38. The first kappa shape index (κ1) is 19.8. The molecule has 0 aromatic rings. The molecule has 0 saturated heterocycles. The molecule has 0 aliphatic rings. The van der Waals surface area contributed by atoms with Gasteiger partial charge in [-0.05, 0) is 0 Å². The summed E-state index contributed by atoms with van der Waals surface area (Å²) in [5, 5.41) is 0. The van der Waals surface area contributed by atoms with Gasteiger partial charge in [-0.2, -0.15) is 0 Å². The number of esters is 4. The molecule has 0 radical (unpaired) electrons. The standard InChI is InChI=1S/C13H20O9/c1-7(14)19-6-11(20-8(2)15)12(21-9(3)16)13(18-5)22-10(4)17/h11-13H,6H2,1-5H3. The van der Waals surface area contributed by atoms with E-state index in [0.717, 1.165) is 27.7 Å². The second kappa shape index (κ2) is 9.72. The fourth-order valence-electron chi connectivity index (χ4n) is 1.52. The van der Waals surface area contributed by atoms with Gasteiger partial charge in [0.2, 0.25) is 12.4 Å². The summed E-state index contributed by atoms with van der Waals surface area (Å²) in [6, 6.07) is 0. The van der Waals surface area contributed by atoms with E-state index in [1.807, 2.05) is 0 Å². The Balaban J connectivity index is 5.30. The van der Waals surface area contributed by atoms with E-state index < -0.39 is 49.0 Å². The van der Waals surface area contributed by atoms with E-state index in [4.69, 9.17) is 23.7 Å². The molecule has 0 aliphatic carbocycles. The van der Waals surface area contributed by atoms with Gasteiger partial charge in [0.25, 0.3) is 0 Å². The smallest absolute Gasteiger partial charge is 0.305 e. The van der Waals surface area contributed by atoms with Crippen molar-refractivity contribution in [2.24, 2.45) is 0 Å². The van der Waals surface area contributed by atoms with Gasteiger partial charge in [0.15, 0.2) is 6.10 Å². The topological polar surface area (TPSA) is 114 Å². The SMILES string of the molecule is COC(OC(C)=O)C(OC(C)=O)C(COC(C)=O)OC(C)=O. The van der Waals surface area contributed by atoms with E-state index >= 15 is 0 Å². The number of carbonyl (C=O) groups is 4. The van der Waals surface area contributed by atoms with Crippen LogP contribution in [0.15, 0.2) is 0 Å². The molecule has 0 saturated carbocycles. The van der Waals surface area contributed by atoms with Crippen molar-refractivity contribution in [1.29, 1.82) is 0 Å². The summed E-state index contributed by atoms with van der Waals surface area (Å²) in [6.07, 6.45) is -3.83. The van der Waals surface area contributed by atoms with Gasteiger partial charge in [0.1, 0.15) is 6.61 Å². The number of carbonyl (C=O) groups excluding carboxylic acids is 4. The molecule has 0 aliphatic heterocycles. The highest BCUT2D eigenvalue weighted by molar-refractivity contribution is 5.68. The first-order valence-electron chi connectivity index (χ1n) is 6.35. The van der Waals surface area contributed by atoms with Crippen LogP contribution < -0.4 is 0 Å². The zero-order valence-corrected chi connectivity index (χ0v) is 13.1. The van der Waals surface area contributed by atoms with Crippen molar-refractivity contribution in [3.05, 3.63) is 0 Å². The number of methoxy groups -OCH3 is 1. The van der Waals surface area contributed by atoms with Crippen molar-refractivity contribution in [2.75, 3.05) is 13.7 Å². The Bertz CT molecular complexity index is 418. The summed E-state index contributed by atoms with van der Waals surface area (Å²) in [5.41, 5.74) is 0. The van der Waals surface area contributed by atoms with Crippen LogP contribution in [-0.4, -0.2) is 56.1 Å². The highest BCUT2D eigenvalue weighted by Crippen LogP contribution is 2.15. The lowest BCUT2D eigenvalue weighted by Gasteiger charge is -2.30. The maximum Gasteiger partial charge on any atom is 0.305 e.